The summed E-state index contributed by atoms with van der Waals surface area (Å²) in [7, 11) is 0. The van der Waals surface area contributed by atoms with Crippen LogP contribution in [0.5, 0.6) is 0 Å². The highest BCUT2D eigenvalue weighted by atomic mass is 16.2. The maximum Gasteiger partial charge on any atom is 0.274 e. The smallest absolute Gasteiger partial charge is 0.274 e. The van der Waals surface area contributed by atoms with Gasteiger partial charge in [0.2, 0.25) is 0 Å². The molecule has 0 radical (unpaired) electrons. The first-order valence-corrected chi connectivity index (χ1v) is 8.85. The van der Waals surface area contributed by atoms with Crippen LogP contribution in [-0.2, 0) is 0 Å². The van der Waals surface area contributed by atoms with Crippen LogP contribution in [0, 0.1) is 6.92 Å². The molecule has 0 aromatic carbocycles. The Labute approximate surface area is 150 Å². The number of aromatic amines is 1. The number of nitrogens with one attached hydrogen (secondary N) is 1. The summed E-state index contributed by atoms with van der Waals surface area (Å²) in [5, 5.41) is 1.02. The molecule has 2 fully saturated rings. The fourth-order valence-corrected chi connectivity index (χ4v) is 4.26. The van der Waals surface area contributed by atoms with Gasteiger partial charge in [-0.25, -0.2) is 15.0 Å². The Balaban J connectivity index is 1.44. The molecule has 1 N–H and O–H groups in total. The standard InChI is InChI=1S/C18H19N7O/c1-11-15(20-7-6-19-11)18(26)25-12-2-3-13(25)9-24(8-12)17-14-4-5-21-16(14)22-10-23-17/h4-7,10,12-13H,2-3,8-9H2,1H3,(H,21,22,23). The molecule has 2 aliphatic heterocycles. The van der Waals surface area contributed by atoms with Gasteiger partial charge in [0.1, 0.15) is 23.5 Å². The van der Waals surface area contributed by atoms with Crippen LogP contribution in [0.3, 0.4) is 0 Å². The lowest BCUT2D eigenvalue weighted by Crippen LogP contribution is -2.56. The molecule has 8 nitrogen and oxygen atoms in total. The summed E-state index contributed by atoms with van der Waals surface area (Å²) in [5.41, 5.74) is 1.99. The number of anilines is 1. The van der Waals surface area contributed by atoms with E-state index >= 15 is 0 Å². The van der Waals surface area contributed by atoms with Gasteiger partial charge in [0.15, 0.2) is 0 Å². The van der Waals surface area contributed by atoms with Gasteiger partial charge in [0, 0.05) is 31.7 Å². The van der Waals surface area contributed by atoms with Crippen LogP contribution in [0.1, 0.15) is 29.0 Å². The molecule has 3 aromatic rings. The van der Waals surface area contributed by atoms with Gasteiger partial charge < -0.3 is 14.8 Å². The van der Waals surface area contributed by atoms with Gasteiger partial charge in [0.05, 0.1) is 23.2 Å². The van der Waals surface area contributed by atoms with Crippen LogP contribution in [0.15, 0.2) is 31.0 Å². The number of rotatable bonds is 2. The zero-order valence-electron chi connectivity index (χ0n) is 14.5. The highest BCUT2D eigenvalue weighted by molar-refractivity contribution is 5.94. The Kier molecular flexibility index (Phi) is 3.37. The van der Waals surface area contributed by atoms with Crippen molar-refractivity contribution in [2.24, 2.45) is 0 Å². The van der Waals surface area contributed by atoms with Crippen molar-refractivity contribution >= 4 is 22.8 Å². The quantitative estimate of drug-likeness (QED) is 0.755. The second-order valence-electron chi connectivity index (χ2n) is 6.93. The third-order valence-electron chi connectivity index (χ3n) is 5.43. The average Bonchev–Trinajstić information content (AvgIpc) is 3.23. The van der Waals surface area contributed by atoms with Gasteiger partial charge in [0.25, 0.3) is 5.91 Å². The number of carbonyl (C=O) groups excluding carboxylic acids is 1. The van der Waals surface area contributed by atoms with Crippen LogP contribution >= 0.6 is 0 Å². The SMILES string of the molecule is Cc1nccnc1C(=O)N1C2CCC1CN(c1ncnc3[nH]ccc13)C2. The van der Waals surface area contributed by atoms with E-state index in [4.69, 9.17) is 0 Å². The first kappa shape index (κ1) is 15.2. The van der Waals surface area contributed by atoms with Gasteiger partial charge in [-0.2, -0.15) is 0 Å². The summed E-state index contributed by atoms with van der Waals surface area (Å²) < 4.78 is 0. The Hall–Kier alpha value is -3.03. The third kappa shape index (κ3) is 2.25. The number of amides is 1. The Morgan fingerprint density at radius 1 is 1.12 bits per heavy atom. The monoisotopic (exact) mass is 349 g/mol. The molecule has 0 saturated carbocycles. The van der Waals surface area contributed by atoms with Gasteiger partial charge in [-0.05, 0) is 25.8 Å². The summed E-state index contributed by atoms with van der Waals surface area (Å²) in [6.45, 7) is 3.39. The van der Waals surface area contributed by atoms with Crippen molar-refractivity contribution in [3.8, 4) is 0 Å². The van der Waals surface area contributed by atoms with Crippen LogP contribution in [0.4, 0.5) is 5.82 Å². The molecular formula is C18H19N7O. The van der Waals surface area contributed by atoms with Crippen molar-refractivity contribution in [1.82, 2.24) is 29.8 Å². The van der Waals surface area contributed by atoms with Crippen LogP contribution < -0.4 is 4.90 Å². The van der Waals surface area contributed by atoms with E-state index in [0.29, 0.717) is 11.4 Å². The highest BCUT2D eigenvalue weighted by Gasteiger charge is 2.44. The van der Waals surface area contributed by atoms with E-state index in [0.717, 1.165) is 42.8 Å². The molecule has 26 heavy (non-hydrogen) atoms. The highest BCUT2D eigenvalue weighted by Crippen LogP contribution is 2.34. The second-order valence-corrected chi connectivity index (χ2v) is 6.93. The summed E-state index contributed by atoms with van der Waals surface area (Å²) in [5.74, 6) is 0.938. The number of carbonyl (C=O) groups is 1. The summed E-state index contributed by atoms with van der Waals surface area (Å²) in [6.07, 6.45) is 8.70. The molecule has 5 heterocycles. The zero-order chi connectivity index (χ0) is 17.7. The third-order valence-corrected chi connectivity index (χ3v) is 5.43. The van der Waals surface area contributed by atoms with E-state index < -0.39 is 0 Å². The van der Waals surface area contributed by atoms with E-state index in [2.05, 4.69) is 29.8 Å². The number of aryl methyl sites for hydroxylation is 1. The van der Waals surface area contributed by atoms with Gasteiger partial charge in [-0.3, -0.25) is 9.78 Å². The minimum atomic E-state index is -0.00257. The van der Waals surface area contributed by atoms with E-state index in [1.807, 2.05) is 24.1 Å². The lowest BCUT2D eigenvalue weighted by Gasteiger charge is -2.41. The molecule has 132 valence electrons. The fraction of sp³-hybridized carbons (Fsp3) is 0.389. The first-order chi connectivity index (χ1) is 12.7. The molecule has 2 unspecified atom stereocenters. The van der Waals surface area contributed by atoms with Crippen molar-refractivity contribution in [1.29, 1.82) is 0 Å². The molecular weight excluding hydrogens is 330 g/mol. The fourth-order valence-electron chi connectivity index (χ4n) is 4.26. The topological polar surface area (TPSA) is 90.9 Å². The van der Waals surface area contributed by atoms with Crippen molar-refractivity contribution in [2.45, 2.75) is 31.8 Å². The number of fused-ring (bicyclic) bond motifs is 3. The number of hydrogen-bond donors (Lipinski definition) is 1. The van der Waals surface area contributed by atoms with E-state index in [9.17, 15) is 4.79 Å². The zero-order valence-corrected chi connectivity index (χ0v) is 14.5. The van der Waals surface area contributed by atoms with Crippen LogP contribution in [-0.4, -0.2) is 60.9 Å². The first-order valence-electron chi connectivity index (χ1n) is 8.85. The molecule has 2 bridgehead atoms. The molecule has 2 atom stereocenters. The number of piperazine rings is 1. The number of aromatic nitrogens is 5. The van der Waals surface area contributed by atoms with E-state index in [1.165, 1.54) is 0 Å². The second kappa shape index (κ2) is 5.76. The van der Waals surface area contributed by atoms with Crippen LogP contribution in [0.2, 0.25) is 0 Å². The Morgan fingerprint density at radius 2 is 1.88 bits per heavy atom. The number of hydrogen-bond acceptors (Lipinski definition) is 6. The van der Waals surface area contributed by atoms with Gasteiger partial charge in [-0.15, -0.1) is 0 Å². The van der Waals surface area contributed by atoms with Crippen molar-refractivity contribution in [3.63, 3.8) is 0 Å². The lowest BCUT2D eigenvalue weighted by molar-refractivity contribution is 0.0633. The maximum atomic E-state index is 13.1. The molecule has 2 aliphatic rings. The maximum absolute atomic E-state index is 13.1. The Bertz CT molecular complexity index is 970. The van der Waals surface area contributed by atoms with Crippen LogP contribution in [0.25, 0.3) is 11.0 Å². The number of H-pyrrole nitrogens is 1. The minimum Gasteiger partial charge on any atom is -0.352 e. The van der Waals surface area contributed by atoms with Gasteiger partial charge >= 0.3 is 0 Å². The Morgan fingerprint density at radius 3 is 2.65 bits per heavy atom. The predicted octanol–water partition coefficient (Wildman–Crippen LogP) is 1.55. The minimum absolute atomic E-state index is 0.00257. The largest absolute Gasteiger partial charge is 0.352 e. The van der Waals surface area contributed by atoms with E-state index in [1.54, 1.807) is 18.7 Å². The molecule has 8 heteroatoms. The molecule has 5 rings (SSSR count). The summed E-state index contributed by atoms with van der Waals surface area (Å²) in [4.78, 5) is 37.8. The van der Waals surface area contributed by atoms with E-state index in [-0.39, 0.29) is 18.0 Å². The molecule has 0 spiro atoms. The predicted molar refractivity (Wildman–Crippen MR) is 95.9 cm³/mol. The van der Waals surface area contributed by atoms with Gasteiger partial charge in [-0.1, -0.05) is 0 Å². The summed E-state index contributed by atoms with van der Waals surface area (Å²) >= 11 is 0. The van der Waals surface area contributed by atoms with Crippen molar-refractivity contribution in [3.05, 3.63) is 42.4 Å². The normalized spacial score (nSPS) is 22.2. The lowest BCUT2D eigenvalue weighted by atomic mass is 10.1. The van der Waals surface area contributed by atoms with Crippen molar-refractivity contribution < 1.29 is 4.79 Å². The molecule has 0 aliphatic carbocycles. The van der Waals surface area contributed by atoms with Crippen molar-refractivity contribution in [2.75, 3.05) is 18.0 Å². The molecule has 3 aromatic heterocycles. The average molecular weight is 349 g/mol. The molecule has 2 saturated heterocycles. The number of nitrogens with zero attached hydrogens (tertiary/aromatic N) is 6. The summed E-state index contributed by atoms with van der Waals surface area (Å²) in [6, 6.07) is 2.35. The molecule has 1 amide bonds.